The van der Waals surface area contributed by atoms with E-state index >= 15 is 0 Å². The molecule has 0 fully saturated rings. The Kier molecular flexibility index (Phi) is 7.53. The van der Waals surface area contributed by atoms with E-state index in [-0.39, 0.29) is 41.3 Å². The average molecular weight is 203 g/mol. The smallest absolute Gasteiger partial charge is 1.00 e. The van der Waals surface area contributed by atoms with Crippen LogP contribution in [0.1, 0.15) is 5.56 Å². The van der Waals surface area contributed by atoms with Crippen LogP contribution in [0.5, 0.6) is 0 Å². The number of benzene rings is 1. The van der Waals surface area contributed by atoms with Gasteiger partial charge in [0.25, 0.3) is 0 Å². The zero-order chi connectivity index (χ0) is 6.85. The summed E-state index contributed by atoms with van der Waals surface area (Å²) >= 11 is 5.47. The molecular formula is C7H5Cl2FMg. The molecule has 0 nitrogen and oxygen atoms in total. The first kappa shape index (κ1) is 13.9. The first-order valence-corrected chi connectivity index (χ1v) is 2.84. The van der Waals surface area contributed by atoms with Crippen molar-refractivity contribution in [3.05, 3.63) is 41.5 Å². The SMILES string of the molecule is [CH2-]c1cc(F)cc(Cl)c1.[Cl-].[Mg+2]. The summed E-state index contributed by atoms with van der Waals surface area (Å²) in [6, 6.07) is 4.17. The van der Waals surface area contributed by atoms with E-state index in [2.05, 4.69) is 6.92 Å². The Labute approximate surface area is 92.7 Å². The molecule has 0 spiro atoms. The van der Waals surface area contributed by atoms with E-state index in [1.807, 2.05) is 0 Å². The molecule has 0 unspecified atom stereocenters. The van der Waals surface area contributed by atoms with Gasteiger partial charge >= 0.3 is 23.1 Å². The van der Waals surface area contributed by atoms with E-state index in [4.69, 9.17) is 11.6 Å². The summed E-state index contributed by atoms with van der Waals surface area (Å²) in [5.74, 6) is -0.340. The number of rotatable bonds is 0. The van der Waals surface area contributed by atoms with Gasteiger partial charge in [0.05, 0.1) is 5.82 Å². The number of hydrogen-bond donors (Lipinski definition) is 0. The monoisotopic (exact) mass is 202 g/mol. The molecule has 0 heterocycles. The van der Waals surface area contributed by atoms with E-state index in [1.165, 1.54) is 12.1 Å². The van der Waals surface area contributed by atoms with Gasteiger partial charge < -0.3 is 12.4 Å². The summed E-state index contributed by atoms with van der Waals surface area (Å²) in [7, 11) is 0. The number of hydrogen-bond acceptors (Lipinski definition) is 0. The molecule has 56 valence electrons. The summed E-state index contributed by atoms with van der Waals surface area (Å²) in [4.78, 5) is 0. The summed E-state index contributed by atoms with van der Waals surface area (Å²) < 4.78 is 12.3. The van der Waals surface area contributed by atoms with Crippen molar-refractivity contribution in [1.29, 1.82) is 0 Å². The standard InChI is InChI=1S/C7H5ClF.ClH.Mg/c1-5-2-6(8)4-7(9)3-5;;/h2-4H,1H2;1H;/q-1;;+2/p-1. The molecule has 0 aromatic heterocycles. The van der Waals surface area contributed by atoms with Crippen molar-refractivity contribution in [2.75, 3.05) is 0 Å². The fraction of sp³-hybridized carbons (Fsp3) is 0. The van der Waals surface area contributed by atoms with Crippen LogP contribution in [0.15, 0.2) is 18.2 Å². The third-order valence-electron chi connectivity index (χ3n) is 0.922. The fourth-order valence-electron chi connectivity index (χ4n) is 0.611. The minimum absolute atomic E-state index is 0. The van der Waals surface area contributed by atoms with Crippen LogP contribution < -0.4 is 12.4 Å². The molecule has 0 aliphatic carbocycles. The Hall–Kier alpha value is 0.366. The Bertz CT molecular complexity index is 177. The maximum absolute atomic E-state index is 12.3. The molecule has 11 heavy (non-hydrogen) atoms. The van der Waals surface area contributed by atoms with Gasteiger partial charge in [0.1, 0.15) is 0 Å². The van der Waals surface area contributed by atoms with E-state index < -0.39 is 0 Å². The van der Waals surface area contributed by atoms with Crippen LogP contribution in [0.2, 0.25) is 5.02 Å². The van der Waals surface area contributed by atoms with Gasteiger partial charge in [-0.3, -0.25) is 0 Å². The molecule has 0 atom stereocenters. The Morgan fingerprint density at radius 1 is 1.27 bits per heavy atom. The quantitative estimate of drug-likeness (QED) is 0.386. The molecule has 1 aromatic rings. The average Bonchev–Trinajstić information content (AvgIpc) is 1.59. The summed E-state index contributed by atoms with van der Waals surface area (Å²) in [6.07, 6.45) is 0. The zero-order valence-corrected chi connectivity index (χ0v) is 8.71. The molecule has 0 radical (unpaired) electrons. The van der Waals surface area contributed by atoms with Crippen molar-refractivity contribution in [1.82, 2.24) is 0 Å². The van der Waals surface area contributed by atoms with Gasteiger partial charge in [0, 0.05) is 0 Å². The Morgan fingerprint density at radius 3 is 2.18 bits per heavy atom. The molecular weight excluding hydrogens is 198 g/mol. The van der Waals surface area contributed by atoms with Gasteiger partial charge in [-0.25, -0.2) is 4.39 Å². The Balaban J connectivity index is 0. The molecule has 0 saturated carbocycles. The van der Waals surface area contributed by atoms with E-state index in [0.29, 0.717) is 10.6 Å². The molecule has 0 aliphatic heterocycles. The van der Waals surface area contributed by atoms with Crippen LogP contribution in [0, 0.1) is 12.7 Å². The van der Waals surface area contributed by atoms with Crippen molar-refractivity contribution in [2.24, 2.45) is 0 Å². The third-order valence-corrected chi connectivity index (χ3v) is 1.14. The fourth-order valence-corrected chi connectivity index (χ4v) is 0.855. The maximum Gasteiger partial charge on any atom is 2.00 e. The molecule has 1 aromatic carbocycles. The molecule has 0 aliphatic rings. The van der Waals surface area contributed by atoms with Crippen LogP contribution in [-0.2, 0) is 0 Å². The minimum atomic E-state index is -0.340. The van der Waals surface area contributed by atoms with Crippen LogP contribution in [-0.4, -0.2) is 23.1 Å². The minimum Gasteiger partial charge on any atom is -1.00 e. The molecule has 0 saturated heterocycles. The predicted molar refractivity (Wildman–Crippen MR) is 41.6 cm³/mol. The van der Waals surface area contributed by atoms with Gasteiger partial charge in [-0.2, -0.15) is 12.5 Å². The molecule has 0 N–H and O–H groups in total. The first-order chi connectivity index (χ1) is 4.18. The normalized spacial score (nSPS) is 7.82. The van der Waals surface area contributed by atoms with Crippen molar-refractivity contribution in [3.8, 4) is 0 Å². The molecule has 4 heteroatoms. The van der Waals surface area contributed by atoms with E-state index in [9.17, 15) is 4.39 Å². The second kappa shape index (κ2) is 5.95. The topological polar surface area (TPSA) is 0 Å². The maximum atomic E-state index is 12.3. The van der Waals surface area contributed by atoms with Gasteiger partial charge in [-0.1, -0.05) is 11.6 Å². The predicted octanol–water partition coefficient (Wildman–Crippen LogP) is -0.716. The van der Waals surface area contributed by atoms with Crippen LogP contribution in [0.25, 0.3) is 0 Å². The van der Waals surface area contributed by atoms with Gasteiger partial charge in [0.2, 0.25) is 0 Å². The van der Waals surface area contributed by atoms with Crippen molar-refractivity contribution in [2.45, 2.75) is 0 Å². The van der Waals surface area contributed by atoms with E-state index in [1.54, 1.807) is 6.07 Å². The van der Waals surface area contributed by atoms with E-state index in [0.717, 1.165) is 0 Å². The van der Waals surface area contributed by atoms with Gasteiger partial charge in [-0.05, 0) is 11.1 Å². The van der Waals surface area contributed by atoms with Crippen LogP contribution in [0.4, 0.5) is 4.39 Å². The molecule has 0 amide bonds. The van der Waals surface area contributed by atoms with Crippen molar-refractivity contribution in [3.63, 3.8) is 0 Å². The first-order valence-electron chi connectivity index (χ1n) is 2.46. The van der Waals surface area contributed by atoms with Crippen molar-refractivity contribution < 1.29 is 16.8 Å². The Morgan fingerprint density at radius 2 is 1.82 bits per heavy atom. The zero-order valence-electron chi connectivity index (χ0n) is 5.78. The summed E-state index contributed by atoms with van der Waals surface area (Å²) in [6.45, 7) is 3.52. The summed E-state index contributed by atoms with van der Waals surface area (Å²) in [5, 5.41) is 0.389. The van der Waals surface area contributed by atoms with Crippen molar-refractivity contribution >= 4 is 34.7 Å². The molecule has 1 rings (SSSR count). The van der Waals surface area contributed by atoms with Gasteiger partial charge in [-0.15, -0.1) is 12.1 Å². The third kappa shape index (κ3) is 4.74. The summed E-state index contributed by atoms with van der Waals surface area (Å²) in [5.41, 5.74) is 0.597. The van der Waals surface area contributed by atoms with Crippen LogP contribution in [0.3, 0.4) is 0 Å². The largest absolute Gasteiger partial charge is 2.00 e. The van der Waals surface area contributed by atoms with Crippen LogP contribution >= 0.6 is 11.6 Å². The molecule has 0 bridgehead atoms. The number of halogens is 3. The van der Waals surface area contributed by atoms with Gasteiger partial charge in [0.15, 0.2) is 0 Å². The second-order valence-electron chi connectivity index (χ2n) is 1.78. The second-order valence-corrected chi connectivity index (χ2v) is 2.21.